The molecule has 1 amide bonds. The Hall–Kier alpha value is -0.280. The molecule has 0 saturated carbocycles. The first kappa shape index (κ1) is 18.7. The van der Waals surface area contributed by atoms with E-state index >= 15 is 0 Å². The molecule has 1 rings (SSSR count). The summed E-state index contributed by atoms with van der Waals surface area (Å²) in [6, 6.07) is 0.493. The molecule has 0 radical (unpaired) electrons. The molecule has 0 aromatic carbocycles. The van der Waals surface area contributed by atoms with Gasteiger partial charge in [-0.3, -0.25) is 4.79 Å². The Morgan fingerprint density at radius 2 is 2.00 bits per heavy atom. The number of carbonyl (C=O) groups excluding carboxylic acids is 1. The van der Waals surface area contributed by atoms with Gasteiger partial charge in [-0.25, -0.2) is 0 Å². The summed E-state index contributed by atoms with van der Waals surface area (Å²) in [7, 11) is 1.91. The average Bonchev–Trinajstić information content (AvgIpc) is 2.36. The number of nitrogens with one attached hydrogen (secondary N) is 1. The number of nitrogens with zero attached hydrogens (tertiary/aromatic N) is 1. The van der Waals surface area contributed by atoms with Crippen LogP contribution in [-0.2, 0) is 4.79 Å². The zero-order chi connectivity index (χ0) is 13.5. The Balaban J connectivity index is 0.00000324. The first-order valence-corrected chi connectivity index (χ1v) is 7.51. The lowest BCUT2D eigenvalue weighted by molar-refractivity contribution is -0.138. The van der Waals surface area contributed by atoms with E-state index in [1.165, 1.54) is 32.1 Å². The number of carbonyl (C=O) groups is 1. The van der Waals surface area contributed by atoms with Gasteiger partial charge in [-0.1, -0.05) is 20.8 Å². The second kappa shape index (κ2) is 9.60. The summed E-state index contributed by atoms with van der Waals surface area (Å²) in [6.07, 6.45) is 6.07. The number of hydrogen-bond acceptors (Lipinski definition) is 2. The predicted molar refractivity (Wildman–Crippen MR) is 83.8 cm³/mol. The van der Waals surface area contributed by atoms with Crippen molar-refractivity contribution in [1.82, 2.24) is 10.2 Å². The molecule has 1 aliphatic heterocycles. The molecule has 1 saturated heterocycles. The van der Waals surface area contributed by atoms with Crippen molar-refractivity contribution < 1.29 is 4.79 Å². The Kier molecular flexibility index (Phi) is 9.46. The van der Waals surface area contributed by atoms with Crippen molar-refractivity contribution in [3.8, 4) is 0 Å². The van der Waals surface area contributed by atoms with Crippen molar-refractivity contribution in [2.75, 3.05) is 20.1 Å². The standard InChI is InChI=1S/C15H30N2O.ClH/c1-12(2)8-9-14-7-5-6-10-17(14)15(18)13(3)11-16-4;/h12-14,16H,5-11H2,1-4H3;1H. The Bertz CT molecular complexity index is 259. The molecular weight excluding hydrogens is 260 g/mol. The van der Waals surface area contributed by atoms with Gasteiger partial charge in [0.05, 0.1) is 0 Å². The SMILES string of the molecule is CNCC(C)C(=O)N1CCCCC1CCC(C)C.Cl. The van der Waals surface area contributed by atoms with Crippen LogP contribution in [0, 0.1) is 11.8 Å². The second-order valence-corrected chi connectivity index (χ2v) is 6.11. The fourth-order valence-corrected chi connectivity index (χ4v) is 2.79. The maximum absolute atomic E-state index is 12.4. The largest absolute Gasteiger partial charge is 0.339 e. The summed E-state index contributed by atoms with van der Waals surface area (Å²) >= 11 is 0. The Morgan fingerprint density at radius 3 is 2.58 bits per heavy atom. The molecule has 2 unspecified atom stereocenters. The van der Waals surface area contributed by atoms with E-state index in [0.717, 1.165) is 19.0 Å². The van der Waals surface area contributed by atoms with Gasteiger partial charge in [-0.15, -0.1) is 12.4 Å². The van der Waals surface area contributed by atoms with Gasteiger partial charge >= 0.3 is 0 Å². The molecule has 3 nitrogen and oxygen atoms in total. The van der Waals surface area contributed by atoms with Crippen LogP contribution >= 0.6 is 12.4 Å². The van der Waals surface area contributed by atoms with Gasteiger partial charge in [-0.2, -0.15) is 0 Å². The summed E-state index contributed by atoms with van der Waals surface area (Å²) < 4.78 is 0. The van der Waals surface area contributed by atoms with E-state index in [1.54, 1.807) is 0 Å². The minimum Gasteiger partial charge on any atom is -0.339 e. The summed E-state index contributed by atoms with van der Waals surface area (Å²) in [6.45, 7) is 8.31. The molecule has 0 aliphatic carbocycles. The van der Waals surface area contributed by atoms with Crippen LogP contribution in [0.2, 0.25) is 0 Å². The van der Waals surface area contributed by atoms with Gasteiger partial charge in [0.1, 0.15) is 0 Å². The lowest BCUT2D eigenvalue weighted by Crippen LogP contribution is -2.47. The van der Waals surface area contributed by atoms with E-state index in [1.807, 2.05) is 14.0 Å². The van der Waals surface area contributed by atoms with Crippen molar-refractivity contribution in [1.29, 1.82) is 0 Å². The smallest absolute Gasteiger partial charge is 0.226 e. The van der Waals surface area contributed by atoms with Crippen LogP contribution in [0.5, 0.6) is 0 Å². The number of piperidine rings is 1. The number of amides is 1. The highest BCUT2D eigenvalue weighted by atomic mass is 35.5. The number of rotatable bonds is 6. The molecule has 0 bridgehead atoms. The van der Waals surface area contributed by atoms with Gasteiger partial charge in [-0.05, 0) is 45.1 Å². The molecule has 19 heavy (non-hydrogen) atoms. The van der Waals surface area contributed by atoms with Gasteiger partial charge in [0, 0.05) is 25.0 Å². The second-order valence-electron chi connectivity index (χ2n) is 6.11. The number of hydrogen-bond donors (Lipinski definition) is 1. The fourth-order valence-electron chi connectivity index (χ4n) is 2.79. The van der Waals surface area contributed by atoms with E-state index in [-0.39, 0.29) is 18.3 Å². The van der Waals surface area contributed by atoms with Crippen LogP contribution in [0.4, 0.5) is 0 Å². The minimum atomic E-state index is 0. The van der Waals surface area contributed by atoms with Crippen molar-refractivity contribution in [2.45, 2.75) is 58.9 Å². The lowest BCUT2D eigenvalue weighted by atomic mass is 9.93. The molecule has 1 fully saturated rings. The number of halogens is 1. The predicted octanol–water partition coefficient (Wildman–Crippen LogP) is 3.08. The zero-order valence-electron chi connectivity index (χ0n) is 12.9. The van der Waals surface area contributed by atoms with Crippen LogP contribution in [0.15, 0.2) is 0 Å². The van der Waals surface area contributed by atoms with E-state index in [9.17, 15) is 4.79 Å². The summed E-state index contributed by atoms with van der Waals surface area (Å²) in [4.78, 5) is 14.6. The van der Waals surface area contributed by atoms with Crippen molar-refractivity contribution >= 4 is 18.3 Å². The first-order valence-electron chi connectivity index (χ1n) is 7.51. The van der Waals surface area contributed by atoms with Crippen molar-refractivity contribution in [3.05, 3.63) is 0 Å². The highest BCUT2D eigenvalue weighted by Gasteiger charge is 2.28. The quantitative estimate of drug-likeness (QED) is 0.815. The van der Waals surface area contributed by atoms with Crippen LogP contribution in [0.3, 0.4) is 0 Å². The normalized spacial score (nSPS) is 21.1. The molecule has 114 valence electrons. The zero-order valence-corrected chi connectivity index (χ0v) is 13.8. The maximum atomic E-state index is 12.4. The third-order valence-electron chi connectivity index (χ3n) is 3.92. The highest BCUT2D eigenvalue weighted by Crippen LogP contribution is 2.24. The molecule has 0 aromatic rings. The minimum absolute atomic E-state index is 0. The highest BCUT2D eigenvalue weighted by molar-refractivity contribution is 5.85. The Morgan fingerprint density at radius 1 is 1.32 bits per heavy atom. The van der Waals surface area contributed by atoms with E-state index in [2.05, 4.69) is 24.1 Å². The molecule has 2 atom stereocenters. The van der Waals surface area contributed by atoms with Crippen molar-refractivity contribution in [3.63, 3.8) is 0 Å². The molecule has 1 aliphatic rings. The van der Waals surface area contributed by atoms with Crippen LogP contribution < -0.4 is 5.32 Å². The van der Waals surface area contributed by atoms with Gasteiger partial charge < -0.3 is 10.2 Å². The first-order chi connectivity index (χ1) is 8.56. The summed E-state index contributed by atoms with van der Waals surface area (Å²) in [5, 5.41) is 3.11. The van der Waals surface area contributed by atoms with E-state index in [4.69, 9.17) is 0 Å². The molecule has 1 N–H and O–H groups in total. The monoisotopic (exact) mass is 290 g/mol. The molecule has 0 spiro atoms. The number of likely N-dealkylation sites (tertiary alicyclic amines) is 1. The molecular formula is C15H31ClN2O. The average molecular weight is 291 g/mol. The van der Waals surface area contributed by atoms with Gasteiger partial charge in [0.15, 0.2) is 0 Å². The van der Waals surface area contributed by atoms with Crippen LogP contribution in [0.25, 0.3) is 0 Å². The topological polar surface area (TPSA) is 32.3 Å². The third kappa shape index (κ3) is 6.13. The lowest BCUT2D eigenvalue weighted by Gasteiger charge is -2.37. The molecule has 1 heterocycles. The maximum Gasteiger partial charge on any atom is 0.226 e. The van der Waals surface area contributed by atoms with E-state index < -0.39 is 0 Å². The summed E-state index contributed by atoms with van der Waals surface area (Å²) in [5.41, 5.74) is 0. The Labute approximate surface area is 124 Å². The fraction of sp³-hybridized carbons (Fsp3) is 0.933. The molecule has 4 heteroatoms. The van der Waals surface area contributed by atoms with Crippen molar-refractivity contribution in [2.24, 2.45) is 11.8 Å². The van der Waals surface area contributed by atoms with Gasteiger partial charge in [0.2, 0.25) is 5.91 Å². The van der Waals surface area contributed by atoms with Crippen LogP contribution in [0.1, 0.15) is 52.9 Å². The van der Waals surface area contributed by atoms with Gasteiger partial charge in [0.25, 0.3) is 0 Å². The summed E-state index contributed by atoms with van der Waals surface area (Å²) in [5.74, 6) is 1.19. The van der Waals surface area contributed by atoms with Crippen LogP contribution in [-0.4, -0.2) is 37.0 Å². The van der Waals surface area contributed by atoms with E-state index in [0.29, 0.717) is 11.9 Å². The third-order valence-corrected chi connectivity index (χ3v) is 3.92. The molecule has 0 aromatic heterocycles.